The largest absolute Gasteiger partial charge is 0.465 e. The van der Waals surface area contributed by atoms with Crippen molar-refractivity contribution >= 4 is 28.2 Å². The summed E-state index contributed by atoms with van der Waals surface area (Å²) in [5, 5.41) is 3.50. The first-order valence-electron chi connectivity index (χ1n) is 7.55. The van der Waals surface area contributed by atoms with Crippen molar-refractivity contribution in [2.75, 3.05) is 12.4 Å². The third kappa shape index (κ3) is 4.84. The average molecular weight is 311 g/mol. The summed E-state index contributed by atoms with van der Waals surface area (Å²) in [4.78, 5) is 25.0. The minimum atomic E-state index is -0.377. The van der Waals surface area contributed by atoms with Crippen LogP contribution < -0.4 is 5.32 Å². The summed E-state index contributed by atoms with van der Waals surface area (Å²) in [7, 11) is 1.37. The molecule has 1 N–H and O–H groups in total. The molecule has 0 spiro atoms. The number of methoxy groups -OCH3 is 1. The molecule has 21 heavy (non-hydrogen) atoms. The van der Waals surface area contributed by atoms with Crippen LogP contribution in [0.4, 0.5) is 5.00 Å². The van der Waals surface area contributed by atoms with E-state index < -0.39 is 0 Å². The van der Waals surface area contributed by atoms with Gasteiger partial charge in [-0.25, -0.2) is 4.79 Å². The lowest BCUT2D eigenvalue weighted by Crippen LogP contribution is -2.14. The van der Waals surface area contributed by atoms with Gasteiger partial charge >= 0.3 is 5.97 Å². The lowest BCUT2D eigenvalue weighted by Gasteiger charge is -2.07. The number of hydrogen-bond acceptors (Lipinski definition) is 4. The molecule has 0 saturated heterocycles. The number of unbranched alkanes of at least 4 members (excludes halogenated alkanes) is 3. The number of esters is 1. The van der Waals surface area contributed by atoms with Crippen LogP contribution in [0.2, 0.25) is 0 Å². The van der Waals surface area contributed by atoms with Crippen molar-refractivity contribution in [2.45, 2.75) is 59.3 Å². The summed E-state index contributed by atoms with van der Waals surface area (Å²) in [6, 6.07) is 0. The molecule has 118 valence electrons. The van der Waals surface area contributed by atoms with E-state index in [4.69, 9.17) is 4.74 Å². The Labute approximate surface area is 130 Å². The van der Waals surface area contributed by atoms with Crippen LogP contribution in [0, 0.1) is 6.92 Å². The summed E-state index contributed by atoms with van der Waals surface area (Å²) in [6.45, 7) is 6.11. The van der Waals surface area contributed by atoms with E-state index >= 15 is 0 Å². The Morgan fingerprint density at radius 2 is 1.90 bits per heavy atom. The quantitative estimate of drug-likeness (QED) is 0.575. The van der Waals surface area contributed by atoms with Crippen LogP contribution in [-0.2, 0) is 16.0 Å². The van der Waals surface area contributed by atoms with Gasteiger partial charge in [0.15, 0.2) is 0 Å². The lowest BCUT2D eigenvalue weighted by molar-refractivity contribution is -0.116. The first-order chi connectivity index (χ1) is 10.0. The zero-order valence-electron chi connectivity index (χ0n) is 13.4. The highest BCUT2D eigenvalue weighted by Gasteiger charge is 2.22. The second-order valence-corrected chi connectivity index (χ2v) is 6.27. The topological polar surface area (TPSA) is 55.4 Å². The van der Waals surface area contributed by atoms with Gasteiger partial charge in [-0.05, 0) is 25.3 Å². The Balaban J connectivity index is 2.78. The van der Waals surface area contributed by atoms with E-state index in [-0.39, 0.29) is 11.9 Å². The van der Waals surface area contributed by atoms with Crippen LogP contribution in [0.1, 0.15) is 66.8 Å². The van der Waals surface area contributed by atoms with Crippen LogP contribution >= 0.6 is 11.3 Å². The molecule has 0 atom stereocenters. The summed E-state index contributed by atoms with van der Waals surface area (Å²) in [5.74, 6) is -0.405. The Bertz CT molecular complexity index is 494. The van der Waals surface area contributed by atoms with Gasteiger partial charge in [-0.2, -0.15) is 0 Å². The predicted octanol–water partition coefficient (Wildman–Crippen LogP) is 4.31. The maximum atomic E-state index is 12.0. The van der Waals surface area contributed by atoms with E-state index in [1.807, 2.05) is 13.8 Å². The Morgan fingerprint density at radius 1 is 1.19 bits per heavy atom. The normalized spacial score (nSPS) is 10.5. The fourth-order valence-corrected chi connectivity index (χ4v) is 3.46. The van der Waals surface area contributed by atoms with Crippen molar-refractivity contribution in [1.82, 2.24) is 0 Å². The molecule has 5 heteroatoms. The van der Waals surface area contributed by atoms with E-state index in [1.54, 1.807) is 0 Å². The third-order valence-electron chi connectivity index (χ3n) is 3.46. The Morgan fingerprint density at radius 3 is 2.48 bits per heavy atom. The second-order valence-electron chi connectivity index (χ2n) is 5.04. The number of nitrogens with one attached hydrogen (secondary N) is 1. The molecule has 1 aromatic heterocycles. The highest BCUT2D eigenvalue weighted by atomic mass is 32.1. The van der Waals surface area contributed by atoms with Crippen LogP contribution in [0.3, 0.4) is 0 Å². The number of ether oxygens (including phenoxy) is 1. The van der Waals surface area contributed by atoms with E-state index in [0.29, 0.717) is 17.0 Å². The maximum Gasteiger partial charge on any atom is 0.341 e. The monoisotopic (exact) mass is 311 g/mol. The van der Waals surface area contributed by atoms with Gasteiger partial charge in [0.25, 0.3) is 0 Å². The summed E-state index contributed by atoms with van der Waals surface area (Å²) in [5.41, 5.74) is 1.48. The molecule has 0 unspecified atom stereocenters. The number of hydrogen-bond donors (Lipinski definition) is 1. The number of rotatable bonds is 8. The van der Waals surface area contributed by atoms with Gasteiger partial charge in [0, 0.05) is 11.3 Å². The van der Waals surface area contributed by atoms with Crippen LogP contribution in [0.25, 0.3) is 0 Å². The maximum absolute atomic E-state index is 12.0. The van der Waals surface area contributed by atoms with Crippen molar-refractivity contribution in [3.8, 4) is 0 Å². The standard InChI is InChI=1S/C16H25NO3S/c1-5-7-8-9-10-13(18)17-15-14(16(19)20-4)12(6-2)11(3)21-15/h5-10H2,1-4H3,(H,17,18). The molecule has 0 aliphatic heterocycles. The molecular formula is C16H25NO3S. The number of aryl methyl sites for hydroxylation is 1. The van der Waals surface area contributed by atoms with Gasteiger partial charge in [-0.1, -0.05) is 33.1 Å². The first-order valence-corrected chi connectivity index (χ1v) is 8.37. The van der Waals surface area contributed by atoms with Crippen LogP contribution in [0.15, 0.2) is 0 Å². The minimum absolute atomic E-state index is 0.0276. The Kier molecular flexibility index (Phi) is 7.43. The van der Waals surface area contributed by atoms with Gasteiger partial charge in [0.05, 0.1) is 12.7 Å². The molecule has 4 nitrogen and oxygen atoms in total. The molecule has 0 fully saturated rings. The first kappa shape index (κ1) is 17.7. The number of amides is 1. The number of carbonyl (C=O) groups excluding carboxylic acids is 2. The molecule has 1 heterocycles. The number of thiophene rings is 1. The fourth-order valence-electron chi connectivity index (χ4n) is 2.31. The molecule has 0 bridgehead atoms. The van der Waals surface area contributed by atoms with E-state index in [1.165, 1.54) is 18.4 Å². The van der Waals surface area contributed by atoms with Gasteiger partial charge < -0.3 is 10.1 Å². The van der Waals surface area contributed by atoms with Crippen LogP contribution in [-0.4, -0.2) is 19.0 Å². The highest BCUT2D eigenvalue weighted by Crippen LogP contribution is 2.34. The summed E-state index contributed by atoms with van der Waals surface area (Å²) >= 11 is 1.45. The SMILES string of the molecule is CCCCCCC(=O)Nc1sc(C)c(CC)c1C(=O)OC. The van der Waals surface area contributed by atoms with E-state index in [9.17, 15) is 9.59 Å². The van der Waals surface area contributed by atoms with E-state index in [2.05, 4.69) is 12.2 Å². The molecule has 0 saturated carbocycles. The molecule has 1 rings (SSSR count). The third-order valence-corrected chi connectivity index (χ3v) is 4.53. The van der Waals surface area contributed by atoms with Crippen molar-refractivity contribution in [1.29, 1.82) is 0 Å². The molecule has 0 aliphatic rings. The zero-order chi connectivity index (χ0) is 15.8. The van der Waals surface area contributed by atoms with Crippen molar-refractivity contribution in [3.05, 3.63) is 16.0 Å². The van der Waals surface area contributed by atoms with Crippen molar-refractivity contribution < 1.29 is 14.3 Å². The average Bonchev–Trinajstić information content (AvgIpc) is 2.78. The van der Waals surface area contributed by atoms with Gasteiger partial charge in [0.1, 0.15) is 5.00 Å². The smallest absolute Gasteiger partial charge is 0.341 e. The van der Waals surface area contributed by atoms with Crippen molar-refractivity contribution in [2.24, 2.45) is 0 Å². The number of anilines is 1. The molecule has 0 aromatic carbocycles. The molecule has 1 amide bonds. The van der Waals surface area contributed by atoms with Gasteiger partial charge in [-0.3, -0.25) is 4.79 Å². The summed E-state index contributed by atoms with van der Waals surface area (Å²) < 4.78 is 4.84. The van der Waals surface area contributed by atoms with Gasteiger partial charge in [0.2, 0.25) is 5.91 Å². The minimum Gasteiger partial charge on any atom is -0.465 e. The molecular weight excluding hydrogens is 286 g/mol. The van der Waals surface area contributed by atoms with Crippen LogP contribution in [0.5, 0.6) is 0 Å². The van der Waals surface area contributed by atoms with E-state index in [0.717, 1.165) is 42.5 Å². The summed E-state index contributed by atoms with van der Waals surface area (Å²) in [6.07, 6.45) is 5.50. The predicted molar refractivity (Wildman–Crippen MR) is 87.2 cm³/mol. The molecule has 0 radical (unpaired) electrons. The highest BCUT2D eigenvalue weighted by molar-refractivity contribution is 7.16. The Hall–Kier alpha value is -1.36. The van der Waals surface area contributed by atoms with Crippen molar-refractivity contribution in [3.63, 3.8) is 0 Å². The lowest BCUT2D eigenvalue weighted by atomic mass is 10.1. The molecule has 0 aliphatic carbocycles. The zero-order valence-corrected chi connectivity index (χ0v) is 14.2. The molecule has 1 aromatic rings. The fraction of sp³-hybridized carbons (Fsp3) is 0.625. The second kappa shape index (κ2) is 8.82. The van der Waals surface area contributed by atoms with Gasteiger partial charge in [-0.15, -0.1) is 11.3 Å². The number of carbonyl (C=O) groups is 2.